The van der Waals surface area contributed by atoms with Crippen molar-refractivity contribution in [3.63, 3.8) is 0 Å². The maximum absolute atomic E-state index is 4.58. The molecule has 3 heterocycles. The fourth-order valence-corrected chi connectivity index (χ4v) is 15.4. The van der Waals surface area contributed by atoms with Crippen molar-refractivity contribution in [3.8, 4) is 0 Å². The van der Waals surface area contributed by atoms with Crippen LogP contribution in [0.25, 0.3) is 20.2 Å². The van der Waals surface area contributed by atoms with Crippen LogP contribution in [0, 0.1) is 0 Å². The van der Waals surface area contributed by atoms with Crippen LogP contribution in [-0.2, 0) is 40.0 Å². The molecule has 8 heteroatoms. The van der Waals surface area contributed by atoms with Crippen LogP contribution in [0.5, 0.6) is 0 Å². The van der Waals surface area contributed by atoms with E-state index in [1.54, 1.807) is 59.8 Å². The average Bonchev–Trinajstić information content (AvgIpc) is 3.54. The summed E-state index contributed by atoms with van der Waals surface area (Å²) in [5.74, 6) is 0. The molecule has 188 valence electrons. The summed E-state index contributed by atoms with van der Waals surface area (Å²) >= 11 is 7.55. The minimum atomic E-state index is -0.604. The third-order valence-corrected chi connectivity index (χ3v) is 14.9. The van der Waals surface area contributed by atoms with Gasteiger partial charge < -0.3 is 0 Å². The Labute approximate surface area is 254 Å². The van der Waals surface area contributed by atoms with Gasteiger partial charge in [0.05, 0.1) is 0 Å². The van der Waals surface area contributed by atoms with Gasteiger partial charge in [0.25, 0.3) is 0 Å². The minimum Gasteiger partial charge on any atom is -0.134 e. The first-order valence-corrected chi connectivity index (χ1v) is 20.5. The van der Waals surface area contributed by atoms with Crippen molar-refractivity contribution in [2.75, 3.05) is 0 Å². The Balaban J connectivity index is 0.000000637. The van der Waals surface area contributed by atoms with E-state index < -0.39 is 15.8 Å². The van der Waals surface area contributed by atoms with Gasteiger partial charge in [-0.15, -0.1) is 22.7 Å². The molecule has 0 fully saturated rings. The number of thiophene rings is 2. The summed E-state index contributed by atoms with van der Waals surface area (Å²) in [7, 11) is 8.01. The maximum atomic E-state index is 4.58. The molecule has 36 heavy (non-hydrogen) atoms. The summed E-state index contributed by atoms with van der Waals surface area (Å²) in [6.07, 6.45) is 0. The van der Waals surface area contributed by atoms with E-state index in [9.17, 15) is 0 Å². The molecule has 0 amide bonds. The van der Waals surface area contributed by atoms with E-state index in [2.05, 4.69) is 128 Å². The summed E-state index contributed by atoms with van der Waals surface area (Å²) in [6.45, 7) is 0. The number of fused-ring (bicyclic) bond motifs is 6. The molecule has 2 aromatic heterocycles. The van der Waals surface area contributed by atoms with Crippen LogP contribution < -0.4 is 30.5 Å². The zero-order chi connectivity index (χ0) is 25.1. The third kappa shape index (κ3) is 4.91. The summed E-state index contributed by atoms with van der Waals surface area (Å²) in [6, 6.07) is 40.5. The molecule has 0 bridgehead atoms. The van der Waals surface area contributed by atoms with Crippen molar-refractivity contribution < 1.29 is 40.0 Å². The molecule has 0 aliphatic carbocycles. The fourth-order valence-electron chi connectivity index (χ4n) is 4.62. The molecular weight excluding hydrogens is 927 g/mol. The van der Waals surface area contributed by atoms with Crippen molar-refractivity contribution in [1.82, 2.24) is 0 Å². The molecule has 0 N–H and O–H groups in total. The van der Waals surface area contributed by atoms with E-state index in [0.717, 1.165) is 0 Å². The number of hydrogen-bond donors (Lipinski definition) is 0. The zero-order valence-corrected chi connectivity index (χ0v) is 27.7. The zero-order valence-electron chi connectivity index (χ0n) is 18.5. The van der Waals surface area contributed by atoms with Crippen LogP contribution >= 0.6 is 56.9 Å². The SMILES string of the molecule is [Cl][Au].[Cl][Au].c1ccc(P2c3sc4ccccc4c3P(c3ccccc3)c3c2sc2ccccc32)cc1. The predicted octanol–water partition coefficient (Wildman–Crippen LogP) is 7.32. The van der Waals surface area contributed by atoms with Gasteiger partial charge in [-0.05, 0) is 30.7 Å². The maximum Gasteiger partial charge on any atom is 0.0472 e. The monoisotopic (exact) mass is 944 g/mol. The largest absolute Gasteiger partial charge is 0.134 e. The Bertz CT molecular complexity index is 1520. The van der Waals surface area contributed by atoms with E-state index in [1.807, 2.05) is 22.7 Å². The van der Waals surface area contributed by atoms with Crippen LogP contribution in [0.2, 0.25) is 0 Å². The van der Waals surface area contributed by atoms with E-state index >= 15 is 0 Å². The van der Waals surface area contributed by atoms with Crippen LogP contribution in [0.4, 0.5) is 0 Å². The second kappa shape index (κ2) is 12.7. The normalized spacial score (nSPS) is 15.8. The van der Waals surface area contributed by atoms with Crippen molar-refractivity contribution in [3.05, 3.63) is 109 Å². The average molecular weight is 945 g/mol. The predicted molar refractivity (Wildman–Crippen MR) is 160 cm³/mol. The number of rotatable bonds is 2. The Hall–Kier alpha value is -0.279. The minimum absolute atomic E-state index is 0.556. The van der Waals surface area contributed by atoms with E-state index in [4.69, 9.17) is 0 Å². The van der Waals surface area contributed by atoms with Gasteiger partial charge in [-0.3, -0.25) is 0 Å². The van der Waals surface area contributed by atoms with Crippen molar-refractivity contribution in [2.24, 2.45) is 0 Å². The smallest absolute Gasteiger partial charge is 0.0472 e. The molecular formula is C28H18Au2Cl2P2S2. The number of benzene rings is 4. The van der Waals surface area contributed by atoms with Crippen molar-refractivity contribution in [2.45, 2.75) is 0 Å². The fraction of sp³-hybridized carbons (Fsp3) is 0. The van der Waals surface area contributed by atoms with Gasteiger partial charge in [-0.2, -0.15) is 0 Å². The second-order valence-corrected chi connectivity index (χ2v) is 14.7. The van der Waals surface area contributed by atoms with Crippen molar-refractivity contribution >= 4 is 108 Å². The summed E-state index contributed by atoms with van der Waals surface area (Å²) in [4.78, 5) is 0. The first-order chi connectivity index (χ1) is 17.9. The number of hydrogen-bond acceptors (Lipinski definition) is 2. The molecule has 0 saturated heterocycles. The Kier molecular flexibility index (Phi) is 9.64. The van der Waals surface area contributed by atoms with Crippen molar-refractivity contribution in [1.29, 1.82) is 0 Å². The van der Waals surface area contributed by atoms with E-state index in [0.29, 0.717) is 0 Å². The standard InChI is InChI=1S/C28H18P2S2.2Au.2ClH/c1-3-11-19(12-4-1)29-25-21-15-7-9-17-23(21)31-27(25)30(20-13-5-2-6-14-20)28-26(29)22-16-8-10-18-24(22)32-28;;;;/h1-18H;;;2*1H/q;2*+1;;/p-2. The third-order valence-electron chi connectivity index (χ3n) is 5.98. The van der Waals surface area contributed by atoms with E-state index in [1.165, 1.54) is 30.8 Å². The molecule has 4 aromatic carbocycles. The molecule has 0 nitrogen and oxygen atoms in total. The van der Waals surface area contributed by atoms with Gasteiger partial charge in [-0.1, -0.05) is 97.1 Å². The van der Waals surface area contributed by atoms with Gasteiger partial charge in [0.1, 0.15) is 0 Å². The molecule has 1 aliphatic rings. The molecule has 0 atom stereocenters. The molecule has 0 saturated carbocycles. The molecule has 6 aromatic rings. The van der Waals surface area contributed by atoms with Crippen LogP contribution in [0.1, 0.15) is 0 Å². The Morgan fingerprint density at radius 2 is 0.806 bits per heavy atom. The van der Waals surface area contributed by atoms with Crippen LogP contribution in [-0.4, -0.2) is 0 Å². The van der Waals surface area contributed by atoms with Gasteiger partial charge in [0, 0.05) is 47.9 Å². The molecule has 1 aliphatic heterocycles. The van der Waals surface area contributed by atoms with Gasteiger partial charge in [-0.25, -0.2) is 0 Å². The second-order valence-electron chi connectivity index (χ2n) is 7.85. The van der Waals surface area contributed by atoms with Crippen LogP contribution in [0.15, 0.2) is 109 Å². The Morgan fingerprint density at radius 1 is 0.444 bits per heavy atom. The van der Waals surface area contributed by atoms with E-state index in [-0.39, 0.29) is 0 Å². The molecule has 0 radical (unpaired) electrons. The van der Waals surface area contributed by atoms with Gasteiger partial charge >= 0.3 is 58.4 Å². The Morgan fingerprint density at radius 3 is 1.25 bits per heavy atom. The number of halogens is 2. The topological polar surface area (TPSA) is 0 Å². The quantitative estimate of drug-likeness (QED) is 0.126. The molecule has 7 rings (SSSR count). The molecule has 0 unspecified atom stereocenters. The molecule has 0 spiro atoms. The summed E-state index contributed by atoms with van der Waals surface area (Å²) in [5.41, 5.74) is 0. The summed E-state index contributed by atoms with van der Waals surface area (Å²) in [5, 5.41) is 9.01. The first kappa shape index (κ1) is 27.3. The first-order valence-electron chi connectivity index (χ1n) is 10.9. The van der Waals surface area contributed by atoms with Crippen LogP contribution in [0.3, 0.4) is 0 Å². The van der Waals surface area contributed by atoms with Gasteiger partial charge in [0.2, 0.25) is 0 Å². The van der Waals surface area contributed by atoms with Gasteiger partial charge in [0.15, 0.2) is 0 Å². The summed E-state index contributed by atoms with van der Waals surface area (Å²) < 4.78 is 6.04.